The first-order chi connectivity index (χ1) is 9.65. The van der Waals surface area contributed by atoms with Gasteiger partial charge in [0.15, 0.2) is 0 Å². The van der Waals surface area contributed by atoms with Crippen molar-refractivity contribution in [1.82, 2.24) is 4.98 Å². The van der Waals surface area contributed by atoms with Crippen molar-refractivity contribution in [1.29, 1.82) is 5.26 Å². The van der Waals surface area contributed by atoms with Gasteiger partial charge in [-0.2, -0.15) is 5.26 Å². The molecule has 0 saturated heterocycles. The van der Waals surface area contributed by atoms with Crippen LogP contribution in [0.1, 0.15) is 28.7 Å². The van der Waals surface area contributed by atoms with E-state index in [2.05, 4.69) is 11.1 Å². The predicted molar refractivity (Wildman–Crippen MR) is 71.3 cm³/mol. The van der Waals surface area contributed by atoms with Crippen molar-refractivity contribution in [3.8, 4) is 6.07 Å². The fraction of sp³-hybridized carbons (Fsp3) is 0.286. The van der Waals surface area contributed by atoms with E-state index in [1.165, 1.54) is 11.3 Å². The van der Waals surface area contributed by atoms with Crippen molar-refractivity contribution in [2.24, 2.45) is 0 Å². The molecule has 1 aromatic heterocycles. The minimum absolute atomic E-state index is 0.113. The molecule has 0 amide bonds. The second-order valence-electron chi connectivity index (χ2n) is 4.33. The molecule has 0 fully saturated rings. The largest absolute Gasteiger partial charge is 0.396 e. The molecular formula is C14H12F2N2OS. The summed E-state index contributed by atoms with van der Waals surface area (Å²) >= 11 is 1.36. The van der Waals surface area contributed by atoms with E-state index in [0.29, 0.717) is 6.42 Å². The summed E-state index contributed by atoms with van der Waals surface area (Å²) in [5.41, 5.74) is 1.90. The summed E-state index contributed by atoms with van der Waals surface area (Å²) < 4.78 is 26.6. The van der Waals surface area contributed by atoms with Crippen LogP contribution in [-0.4, -0.2) is 16.7 Å². The molecule has 1 N–H and O–H groups in total. The maximum atomic E-state index is 13.3. The number of hydrogen-bond donors (Lipinski definition) is 1. The maximum absolute atomic E-state index is 13.3. The number of aliphatic hydroxyl groups is 1. The molecule has 2 atom stereocenters. The first-order valence-electron chi connectivity index (χ1n) is 6.00. The Morgan fingerprint density at radius 1 is 1.30 bits per heavy atom. The average molecular weight is 294 g/mol. The number of thiazole rings is 1. The Bertz CT molecular complexity index is 590. The van der Waals surface area contributed by atoms with Crippen molar-refractivity contribution < 1.29 is 13.9 Å². The molecule has 0 unspecified atom stereocenters. The van der Waals surface area contributed by atoms with E-state index < -0.39 is 17.6 Å². The topological polar surface area (TPSA) is 56.9 Å². The van der Waals surface area contributed by atoms with Crippen LogP contribution in [0.25, 0.3) is 0 Å². The highest BCUT2D eigenvalue weighted by atomic mass is 32.1. The Hall–Kier alpha value is -1.84. The SMILES string of the molecule is N#C[C@H](c1cc(F)cc(F)c1)[C@@H](CCO)c1cncs1. The minimum Gasteiger partial charge on any atom is -0.396 e. The van der Waals surface area contributed by atoms with E-state index in [1.54, 1.807) is 11.7 Å². The van der Waals surface area contributed by atoms with Gasteiger partial charge >= 0.3 is 0 Å². The normalized spacial score (nSPS) is 13.7. The van der Waals surface area contributed by atoms with Gasteiger partial charge in [0, 0.05) is 29.7 Å². The lowest BCUT2D eigenvalue weighted by molar-refractivity contribution is 0.272. The molecule has 6 heteroatoms. The van der Waals surface area contributed by atoms with E-state index in [4.69, 9.17) is 5.11 Å². The Morgan fingerprint density at radius 3 is 2.50 bits per heavy atom. The van der Waals surface area contributed by atoms with Crippen molar-refractivity contribution in [2.75, 3.05) is 6.61 Å². The van der Waals surface area contributed by atoms with Gasteiger partial charge in [-0.15, -0.1) is 11.3 Å². The van der Waals surface area contributed by atoms with Crippen LogP contribution in [0, 0.1) is 23.0 Å². The first kappa shape index (κ1) is 14.6. The van der Waals surface area contributed by atoms with Crippen molar-refractivity contribution >= 4 is 11.3 Å². The third-order valence-corrected chi connectivity index (χ3v) is 3.95. The summed E-state index contributed by atoms with van der Waals surface area (Å²) in [6, 6.07) is 5.16. The van der Waals surface area contributed by atoms with E-state index in [9.17, 15) is 14.0 Å². The molecule has 0 aliphatic rings. The van der Waals surface area contributed by atoms with E-state index in [0.717, 1.165) is 23.1 Å². The molecule has 20 heavy (non-hydrogen) atoms. The van der Waals surface area contributed by atoms with Crippen LogP contribution in [0.3, 0.4) is 0 Å². The lowest BCUT2D eigenvalue weighted by Crippen LogP contribution is -2.11. The lowest BCUT2D eigenvalue weighted by atomic mass is 9.84. The molecule has 0 radical (unpaired) electrons. The molecule has 104 valence electrons. The Balaban J connectivity index is 2.41. The van der Waals surface area contributed by atoms with Gasteiger partial charge in [0.1, 0.15) is 11.6 Å². The predicted octanol–water partition coefficient (Wildman–Crippen LogP) is 3.19. The molecule has 1 aromatic carbocycles. The standard InChI is InChI=1S/C14H12F2N2OS/c15-10-3-9(4-11(16)5-10)13(6-17)12(1-2-19)14-7-18-8-20-14/h3-5,7-8,12-13,19H,1-2H2/t12-,13-/m1/s1. The zero-order valence-electron chi connectivity index (χ0n) is 10.5. The Labute approximate surface area is 119 Å². The summed E-state index contributed by atoms with van der Waals surface area (Å²) in [5.74, 6) is -2.49. The van der Waals surface area contributed by atoms with Gasteiger partial charge in [-0.05, 0) is 24.1 Å². The highest BCUT2D eigenvalue weighted by Crippen LogP contribution is 2.37. The second-order valence-corrected chi connectivity index (χ2v) is 5.25. The molecule has 3 nitrogen and oxygen atoms in total. The van der Waals surface area contributed by atoms with Gasteiger partial charge in [-0.25, -0.2) is 8.78 Å². The number of aliphatic hydroxyl groups excluding tert-OH is 1. The van der Waals surface area contributed by atoms with Crippen molar-refractivity contribution in [3.63, 3.8) is 0 Å². The quantitative estimate of drug-likeness (QED) is 0.921. The van der Waals surface area contributed by atoms with Crippen LogP contribution in [0.2, 0.25) is 0 Å². The van der Waals surface area contributed by atoms with Crippen LogP contribution in [0.15, 0.2) is 29.9 Å². The fourth-order valence-electron chi connectivity index (χ4n) is 2.17. The summed E-state index contributed by atoms with van der Waals surface area (Å²) in [7, 11) is 0. The van der Waals surface area contributed by atoms with Crippen LogP contribution < -0.4 is 0 Å². The third kappa shape index (κ3) is 3.18. The number of aromatic nitrogens is 1. The lowest BCUT2D eigenvalue weighted by Gasteiger charge is -2.20. The van der Waals surface area contributed by atoms with Gasteiger partial charge in [-0.1, -0.05) is 0 Å². The van der Waals surface area contributed by atoms with E-state index in [-0.39, 0.29) is 18.1 Å². The number of nitriles is 1. The first-order valence-corrected chi connectivity index (χ1v) is 6.88. The third-order valence-electron chi connectivity index (χ3n) is 3.04. The molecule has 0 aliphatic carbocycles. The van der Waals surface area contributed by atoms with Gasteiger partial charge in [0.05, 0.1) is 17.5 Å². The maximum Gasteiger partial charge on any atom is 0.126 e. The van der Waals surface area contributed by atoms with Crippen LogP contribution in [-0.2, 0) is 0 Å². The number of benzene rings is 1. The molecular weight excluding hydrogens is 282 g/mol. The minimum atomic E-state index is -0.729. The average Bonchev–Trinajstić information content (AvgIpc) is 2.91. The van der Waals surface area contributed by atoms with Gasteiger partial charge < -0.3 is 5.11 Å². The Kier molecular flexibility index (Phi) is 4.77. The van der Waals surface area contributed by atoms with E-state index in [1.807, 2.05) is 0 Å². The summed E-state index contributed by atoms with van der Waals surface area (Å²) in [6.45, 7) is -0.113. The number of rotatable bonds is 5. The Morgan fingerprint density at radius 2 is 2.00 bits per heavy atom. The highest BCUT2D eigenvalue weighted by Gasteiger charge is 2.26. The summed E-state index contributed by atoms with van der Waals surface area (Å²) in [5, 5.41) is 18.5. The zero-order chi connectivity index (χ0) is 14.5. The van der Waals surface area contributed by atoms with Gasteiger partial charge in [0.2, 0.25) is 0 Å². The van der Waals surface area contributed by atoms with Crippen LogP contribution >= 0.6 is 11.3 Å². The fourth-order valence-corrected chi connectivity index (χ4v) is 2.97. The van der Waals surface area contributed by atoms with Gasteiger partial charge in [-0.3, -0.25) is 4.98 Å². The summed E-state index contributed by atoms with van der Waals surface area (Å²) in [4.78, 5) is 4.77. The monoisotopic (exact) mass is 294 g/mol. The number of nitrogens with zero attached hydrogens (tertiary/aromatic N) is 2. The molecule has 0 spiro atoms. The van der Waals surface area contributed by atoms with Gasteiger partial charge in [0.25, 0.3) is 0 Å². The molecule has 0 saturated carbocycles. The van der Waals surface area contributed by atoms with Crippen LogP contribution in [0.4, 0.5) is 8.78 Å². The summed E-state index contributed by atoms with van der Waals surface area (Å²) in [6.07, 6.45) is 1.95. The molecule has 0 aliphatic heterocycles. The van der Waals surface area contributed by atoms with Crippen molar-refractivity contribution in [2.45, 2.75) is 18.3 Å². The highest BCUT2D eigenvalue weighted by molar-refractivity contribution is 7.09. The molecule has 1 heterocycles. The number of hydrogen-bond acceptors (Lipinski definition) is 4. The molecule has 0 bridgehead atoms. The van der Waals surface area contributed by atoms with E-state index >= 15 is 0 Å². The molecule has 2 aromatic rings. The smallest absolute Gasteiger partial charge is 0.126 e. The second kappa shape index (κ2) is 6.55. The van der Waals surface area contributed by atoms with Crippen molar-refractivity contribution in [3.05, 3.63) is 52.0 Å². The zero-order valence-corrected chi connectivity index (χ0v) is 11.3. The molecule has 2 rings (SSSR count). The van der Waals surface area contributed by atoms with Crippen LogP contribution in [0.5, 0.6) is 0 Å². The number of halogens is 2.